The fourth-order valence-electron chi connectivity index (χ4n) is 2.84. The molecule has 1 saturated carbocycles. The van der Waals surface area contributed by atoms with Gasteiger partial charge in [0, 0.05) is 6.08 Å². The molecule has 1 fully saturated rings. The predicted molar refractivity (Wildman–Crippen MR) is 52.8 cm³/mol. The van der Waals surface area contributed by atoms with Gasteiger partial charge in [0.25, 0.3) is 0 Å². The lowest BCUT2D eigenvalue weighted by Gasteiger charge is -2.62. The van der Waals surface area contributed by atoms with Gasteiger partial charge in [0.2, 0.25) is 0 Å². The molecule has 68 valence electrons. The molecule has 0 aromatic carbocycles. The number of allylic oxidation sites excluding steroid dienone is 4. The van der Waals surface area contributed by atoms with Crippen LogP contribution in [0.5, 0.6) is 0 Å². The van der Waals surface area contributed by atoms with E-state index in [-0.39, 0.29) is 0 Å². The highest BCUT2D eigenvalue weighted by molar-refractivity contribution is 5.41. The molecule has 1 heteroatoms. The summed E-state index contributed by atoms with van der Waals surface area (Å²) >= 11 is 0. The van der Waals surface area contributed by atoms with Gasteiger partial charge in [-0.05, 0) is 34.8 Å². The summed E-state index contributed by atoms with van der Waals surface area (Å²) in [6, 6.07) is 2.04. The Labute approximate surface area is 79.8 Å². The summed E-state index contributed by atoms with van der Waals surface area (Å²) in [4.78, 5) is 0. The molecule has 2 aliphatic rings. The summed E-state index contributed by atoms with van der Waals surface area (Å²) in [6.07, 6.45) is 5.87. The number of nitriles is 1. The first-order valence-electron chi connectivity index (χ1n) is 4.87. The first-order chi connectivity index (χ1) is 6.09. The van der Waals surface area contributed by atoms with E-state index in [2.05, 4.69) is 26.8 Å². The normalized spacial score (nSPS) is 39.8. The lowest BCUT2D eigenvalue weighted by molar-refractivity contribution is -0.0568. The smallest absolute Gasteiger partial charge is 0.0912 e. The molecule has 0 aromatic rings. The average Bonchev–Trinajstić information content (AvgIpc) is 2.01. The van der Waals surface area contributed by atoms with E-state index in [1.807, 2.05) is 12.1 Å². The maximum absolute atomic E-state index is 8.42. The van der Waals surface area contributed by atoms with Crippen LogP contribution in [0.1, 0.15) is 20.8 Å². The minimum atomic E-state index is 0.439. The third kappa shape index (κ3) is 0.920. The maximum Gasteiger partial charge on any atom is 0.0912 e. The van der Waals surface area contributed by atoms with Gasteiger partial charge in [0.1, 0.15) is 0 Å². The average molecular weight is 173 g/mol. The molecule has 0 amide bonds. The Morgan fingerprint density at radius 2 is 2.23 bits per heavy atom. The maximum atomic E-state index is 8.42. The molecule has 0 spiro atoms. The number of hydrogen-bond donors (Lipinski definition) is 0. The Kier molecular flexibility index (Phi) is 1.63. The Morgan fingerprint density at radius 3 is 2.77 bits per heavy atom. The van der Waals surface area contributed by atoms with Crippen molar-refractivity contribution in [3.05, 3.63) is 23.8 Å². The molecule has 3 atom stereocenters. The van der Waals surface area contributed by atoms with Crippen LogP contribution in [0.25, 0.3) is 0 Å². The largest absolute Gasteiger partial charge is 0.193 e. The van der Waals surface area contributed by atoms with Crippen molar-refractivity contribution in [3.63, 3.8) is 0 Å². The number of fused-ring (bicyclic) bond motifs is 1. The molecular weight excluding hydrogens is 158 g/mol. The molecule has 13 heavy (non-hydrogen) atoms. The third-order valence-electron chi connectivity index (χ3n) is 4.03. The van der Waals surface area contributed by atoms with E-state index in [4.69, 9.17) is 5.26 Å². The van der Waals surface area contributed by atoms with Crippen LogP contribution < -0.4 is 0 Å². The zero-order valence-electron chi connectivity index (χ0n) is 8.41. The highest BCUT2D eigenvalue weighted by Gasteiger charge is 2.57. The molecule has 2 rings (SSSR count). The van der Waals surface area contributed by atoms with Gasteiger partial charge in [-0.3, -0.25) is 0 Å². The van der Waals surface area contributed by atoms with Crippen LogP contribution in [-0.4, -0.2) is 0 Å². The molecule has 2 aliphatic carbocycles. The molecule has 0 radical (unpaired) electrons. The summed E-state index contributed by atoms with van der Waals surface area (Å²) < 4.78 is 0. The highest BCUT2D eigenvalue weighted by atomic mass is 14.6. The number of hydrogen-bond acceptors (Lipinski definition) is 1. The molecule has 0 N–H and O–H groups in total. The van der Waals surface area contributed by atoms with E-state index < -0.39 is 0 Å². The third-order valence-corrected chi connectivity index (χ3v) is 4.03. The molecule has 0 saturated heterocycles. The van der Waals surface area contributed by atoms with E-state index in [0.29, 0.717) is 11.3 Å². The first kappa shape index (κ1) is 8.56. The van der Waals surface area contributed by atoms with Crippen LogP contribution in [0.2, 0.25) is 0 Å². The monoisotopic (exact) mass is 173 g/mol. The lowest BCUT2D eigenvalue weighted by Crippen LogP contribution is -2.56. The second kappa shape index (κ2) is 2.48. The zero-order chi connectivity index (χ0) is 9.64. The van der Waals surface area contributed by atoms with Crippen molar-refractivity contribution in [2.75, 3.05) is 0 Å². The van der Waals surface area contributed by atoms with Crippen LogP contribution in [-0.2, 0) is 0 Å². The Morgan fingerprint density at radius 1 is 1.54 bits per heavy atom. The fourth-order valence-corrected chi connectivity index (χ4v) is 2.84. The van der Waals surface area contributed by atoms with Crippen LogP contribution in [0, 0.1) is 34.5 Å². The quantitative estimate of drug-likeness (QED) is 0.559. The van der Waals surface area contributed by atoms with Crippen LogP contribution in [0.15, 0.2) is 23.8 Å². The summed E-state index contributed by atoms with van der Waals surface area (Å²) in [7, 11) is 0. The second-order valence-corrected chi connectivity index (χ2v) is 4.79. The second-order valence-electron chi connectivity index (χ2n) is 4.79. The molecular formula is C12H15N. The number of rotatable bonds is 1. The van der Waals surface area contributed by atoms with Gasteiger partial charge < -0.3 is 0 Å². The van der Waals surface area contributed by atoms with Gasteiger partial charge in [-0.2, -0.15) is 5.26 Å². The van der Waals surface area contributed by atoms with Gasteiger partial charge in [0.15, 0.2) is 0 Å². The van der Waals surface area contributed by atoms with Crippen LogP contribution in [0.4, 0.5) is 0 Å². The van der Waals surface area contributed by atoms with Crippen molar-refractivity contribution in [2.24, 2.45) is 23.2 Å². The minimum Gasteiger partial charge on any atom is -0.193 e. The van der Waals surface area contributed by atoms with E-state index in [9.17, 15) is 0 Å². The molecule has 1 unspecified atom stereocenters. The standard InChI is InChI=1S/C12H15N/c1-8-10-7-9(5-4-6-13)11(10)12(8,2)3/h4-5,7-8,10-11H,1-3H3/b5-4+/t8-,10?,11-/m1/s1. The van der Waals surface area contributed by atoms with E-state index in [1.54, 1.807) is 6.08 Å². The van der Waals surface area contributed by atoms with Crippen molar-refractivity contribution in [2.45, 2.75) is 20.8 Å². The summed E-state index contributed by atoms with van der Waals surface area (Å²) in [5.74, 6) is 2.30. The summed E-state index contributed by atoms with van der Waals surface area (Å²) in [6.45, 7) is 6.97. The lowest BCUT2D eigenvalue weighted by atomic mass is 9.42. The van der Waals surface area contributed by atoms with Gasteiger partial charge in [-0.15, -0.1) is 0 Å². The van der Waals surface area contributed by atoms with Crippen LogP contribution in [0.3, 0.4) is 0 Å². The van der Waals surface area contributed by atoms with Gasteiger partial charge in [-0.1, -0.05) is 26.8 Å². The van der Waals surface area contributed by atoms with Crippen molar-refractivity contribution < 1.29 is 0 Å². The Hall–Kier alpha value is -1.03. The predicted octanol–water partition coefficient (Wildman–Crippen LogP) is 2.91. The molecule has 1 nitrogen and oxygen atoms in total. The Balaban J connectivity index is 2.15. The zero-order valence-corrected chi connectivity index (χ0v) is 8.41. The molecule has 0 aromatic heterocycles. The minimum absolute atomic E-state index is 0.439. The Bertz CT molecular complexity index is 328. The van der Waals surface area contributed by atoms with Crippen LogP contribution >= 0.6 is 0 Å². The van der Waals surface area contributed by atoms with Crippen molar-refractivity contribution in [1.29, 1.82) is 5.26 Å². The molecule has 0 aliphatic heterocycles. The fraction of sp³-hybridized carbons (Fsp3) is 0.583. The molecule has 0 bridgehead atoms. The summed E-state index contributed by atoms with van der Waals surface area (Å²) in [5.41, 5.74) is 1.81. The first-order valence-corrected chi connectivity index (χ1v) is 4.87. The van der Waals surface area contributed by atoms with E-state index >= 15 is 0 Å². The highest BCUT2D eigenvalue weighted by Crippen LogP contribution is 2.64. The SMILES string of the molecule is C[C@@H]1C2C=C(/C=C/C#N)[C@H]2C1(C)C. The van der Waals surface area contributed by atoms with Gasteiger partial charge in [0.05, 0.1) is 6.07 Å². The van der Waals surface area contributed by atoms with Gasteiger partial charge in [-0.25, -0.2) is 0 Å². The van der Waals surface area contributed by atoms with Gasteiger partial charge >= 0.3 is 0 Å². The number of nitrogens with zero attached hydrogens (tertiary/aromatic N) is 1. The topological polar surface area (TPSA) is 23.8 Å². The van der Waals surface area contributed by atoms with Crippen molar-refractivity contribution >= 4 is 0 Å². The molecule has 0 heterocycles. The van der Waals surface area contributed by atoms with E-state index in [1.165, 1.54) is 5.57 Å². The van der Waals surface area contributed by atoms with Crippen molar-refractivity contribution in [1.82, 2.24) is 0 Å². The van der Waals surface area contributed by atoms with E-state index in [0.717, 1.165) is 11.8 Å². The van der Waals surface area contributed by atoms with Crippen molar-refractivity contribution in [3.8, 4) is 6.07 Å². The summed E-state index contributed by atoms with van der Waals surface area (Å²) in [5, 5.41) is 8.42.